The van der Waals surface area contributed by atoms with Crippen molar-refractivity contribution in [2.45, 2.75) is 93.9 Å². The highest BCUT2D eigenvalue weighted by Gasteiger charge is 2.06. The number of benzene rings is 1. The molecule has 0 radical (unpaired) electrons. The van der Waals surface area contributed by atoms with Gasteiger partial charge >= 0.3 is 0 Å². The second-order valence-electron chi connectivity index (χ2n) is 7.53. The first-order valence-electron chi connectivity index (χ1n) is 9.78. The molecule has 1 rings (SSSR count). The molecular weight excluding hydrogens is 292 g/mol. The third kappa shape index (κ3) is 18.9. The van der Waals surface area contributed by atoms with E-state index < -0.39 is 0 Å². The summed E-state index contributed by atoms with van der Waals surface area (Å²) in [5.74, 6) is 1.45. The quantitative estimate of drug-likeness (QED) is 0.471. The van der Waals surface area contributed by atoms with E-state index in [9.17, 15) is 4.79 Å². The minimum atomic E-state index is 0.407. The van der Waals surface area contributed by atoms with Crippen LogP contribution < -0.4 is 0 Å². The summed E-state index contributed by atoms with van der Waals surface area (Å²) in [6, 6.07) is 8.36. The Morgan fingerprint density at radius 3 is 1.33 bits per heavy atom. The van der Waals surface area contributed by atoms with Crippen LogP contribution in [0.4, 0.5) is 0 Å². The average molecular weight is 335 g/mol. The lowest BCUT2D eigenvalue weighted by atomic mass is 10.00. The summed E-state index contributed by atoms with van der Waals surface area (Å²) in [6.07, 6.45) is 7.03. The predicted molar refractivity (Wildman–Crippen MR) is 110 cm³/mol. The second kappa shape index (κ2) is 16.7. The van der Waals surface area contributed by atoms with Crippen LogP contribution in [0.15, 0.2) is 24.3 Å². The molecule has 140 valence electrons. The Bertz CT molecular complexity index is 367. The molecule has 0 saturated carbocycles. The zero-order valence-corrected chi connectivity index (χ0v) is 17.6. The summed E-state index contributed by atoms with van der Waals surface area (Å²) in [7, 11) is 0. The van der Waals surface area contributed by atoms with Crippen LogP contribution in [0, 0.1) is 25.7 Å². The van der Waals surface area contributed by atoms with Crippen LogP contribution in [0.5, 0.6) is 0 Å². The maximum atomic E-state index is 11.1. The van der Waals surface area contributed by atoms with Crippen LogP contribution >= 0.6 is 0 Å². The Kier molecular flexibility index (Phi) is 17.5. The third-order valence-electron chi connectivity index (χ3n) is 3.65. The van der Waals surface area contributed by atoms with Gasteiger partial charge < -0.3 is 0 Å². The molecule has 0 atom stereocenters. The monoisotopic (exact) mass is 334 g/mol. The van der Waals surface area contributed by atoms with Crippen molar-refractivity contribution in [2.24, 2.45) is 11.8 Å². The fourth-order valence-electron chi connectivity index (χ4n) is 2.16. The number of rotatable bonds is 7. The van der Waals surface area contributed by atoms with Gasteiger partial charge in [-0.25, -0.2) is 0 Å². The molecule has 1 nitrogen and oxygen atoms in total. The minimum absolute atomic E-state index is 0.407. The Morgan fingerprint density at radius 1 is 0.792 bits per heavy atom. The summed E-state index contributed by atoms with van der Waals surface area (Å²) in [5, 5.41) is 0. The molecule has 24 heavy (non-hydrogen) atoms. The summed E-state index contributed by atoms with van der Waals surface area (Å²) in [5.41, 5.74) is 2.74. The molecule has 0 unspecified atom stereocenters. The third-order valence-corrected chi connectivity index (χ3v) is 3.65. The predicted octanol–water partition coefficient (Wildman–Crippen LogP) is 7.54. The standard InChI is InChI=1S/C9H18O.C8H10.C6H14/c1-7(2)5-9(10)6-8(3)4;1-7-5-3-4-6-8(7)2;1-3-5-6-4-2/h7-8H,5-6H2,1-4H3;3-6H,1-2H3;3-6H2,1-2H3. The first-order chi connectivity index (χ1) is 11.2. The van der Waals surface area contributed by atoms with Crippen molar-refractivity contribution in [1.29, 1.82) is 0 Å². The zero-order chi connectivity index (χ0) is 19.0. The van der Waals surface area contributed by atoms with E-state index in [4.69, 9.17) is 0 Å². The van der Waals surface area contributed by atoms with Crippen molar-refractivity contribution in [3.05, 3.63) is 35.4 Å². The Hall–Kier alpha value is -1.11. The number of ketones is 1. The summed E-state index contributed by atoms with van der Waals surface area (Å²) >= 11 is 0. The molecule has 0 saturated heterocycles. The van der Waals surface area contributed by atoms with Gasteiger partial charge in [0.1, 0.15) is 5.78 Å². The maximum absolute atomic E-state index is 11.1. The van der Waals surface area contributed by atoms with E-state index in [2.05, 4.69) is 79.7 Å². The average Bonchev–Trinajstić information content (AvgIpc) is 2.48. The van der Waals surface area contributed by atoms with Crippen LogP contribution in [-0.2, 0) is 4.79 Å². The lowest BCUT2D eigenvalue weighted by Crippen LogP contribution is -2.05. The van der Waals surface area contributed by atoms with E-state index in [-0.39, 0.29) is 0 Å². The normalized spacial score (nSPS) is 9.92. The van der Waals surface area contributed by atoms with Gasteiger partial charge in [-0.2, -0.15) is 0 Å². The molecule has 0 bridgehead atoms. The second-order valence-corrected chi connectivity index (χ2v) is 7.53. The van der Waals surface area contributed by atoms with Gasteiger partial charge in [0.15, 0.2) is 0 Å². The Labute approximate surface area is 152 Å². The summed E-state index contributed by atoms with van der Waals surface area (Å²) < 4.78 is 0. The van der Waals surface area contributed by atoms with E-state index in [1.165, 1.54) is 36.8 Å². The van der Waals surface area contributed by atoms with E-state index >= 15 is 0 Å². The number of hydrogen-bond acceptors (Lipinski definition) is 1. The topological polar surface area (TPSA) is 17.1 Å². The molecular formula is C23H42O. The highest BCUT2D eigenvalue weighted by Crippen LogP contribution is 2.07. The molecule has 0 aliphatic rings. The van der Waals surface area contributed by atoms with Gasteiger partial charge in [0, 0.05) is 12.8 Å². The molecule has 0 fully saturated rings. The molecule has 0 aromatic heterocycles. The number of unbranched alkanes of at least 4 members (excludes halogenated alkanes) is 3. The molecule has 1 aromatic carbocycles. The van der Waals surface area contributed by atoms with Crippen LogP contribution in [0.25, 0.3) is 0 Å². The number of aryl methyl sites for hydroxylation is 2. The minimum Gasteiger partial charge on any atom is -0.300 e. The van der Waals surface area contributed by atoms with Crippen LogP contribution in [0.3, 0.4) is 0 Å². The van der Waals surface area contributed by atoms with E-state index in [1.807, 2.05) is 0 Å². The van der Waals surface area contributed by atoms with Gasteiger partial charge in [0.2, 0.25) is 0 Å². The smallest absolute Gasteiger partial charge is 0.133 e. The van der Waals surface area contributed by atoms with Crippen LogP contribution in [0.2, 0.25) is 0 Å². The highest BCUT2D eigenvalue weighted by molar-refractivity contribution is 5.78. The SMILES string of the molecule is CC(C)CC(=O)CC(C)C.CCCCCC.Cc1ccccc1C. The molecule has 0 amide bonds. The zero-order valence-electron chi connectivity index (χ0n) is 17.6. The molecule has 0 N–H and O–H groups in total. The van der Waals surface area contributed by atoms with Crippen LogP contribution in [-0.4, -0.2) is 5.78 Å². The lowest BCUT2D eigenvalue weighted by Gasteiger charge is -2.05. The number of hydrogen-bond donors (Lipinski definition) is 0. The van der Waals surface area contributed by atoms with Crippen molar-refractivity contribution < 1.29 is 4.79 Å². The number of carbonyl (C=O) groups is 1. The molecule has 0 aliphatic carbocycles. The van der Waals surface area contributed by atoms with Crippen molar-refractivity contribution in [3.8, 4) is 0 Å². The summed E-state index contributed by atoms with van der Waals surface area (Å²) in [4.78, 5) is 11.1. The summed E-state index contributed by atoms with van der Waals surface area (Å²) in [6.45, 7) is 17.0. The van der Waals surface area contributed by atoms with Crippen molar-refractivity contribution in [2.75, 3.05) is 0 Å². The first kappa shape index (κ1) is 25.1. The largest absolute Gasteiger partial charge is 0.300 e. The van der Waals surface area contributed by atoms with Crippen LogP contribution in [0.1, 0.15) is 91.2 Å². The fourth-order valence-corrected chi connectivity index (χ4v) is 2.16. The number of Topliss-reactive ketones (excluding diaryl/α,β-unsaturated/α-hetero) is 1. The molecule has 0 spiro atoms. The molecule has 0 aliphatic heterocycles. The van der Waals surface area contributed by atoms with E-state index in [0.29, 0.717) is 17.6 Å². The van der Waals surface area contributed by atoms with Gasteiger partial charge in [-0.1, -0.05) is 91.5 Å². The molecule has 1 heteroatoms. The molecule has 1 aromatic rings. The van der Waals surface area contributed by atoms with Crippen molar-refractivity contribution in [1.82, 2.24) is 0 Å². The maximum Gasteiger partial charge on any atom is 0.133 e. The van der Waals surface area contributed by atoms with Crippen molar-refractivity contribution >= 4 is 5.78 Å². The Morgan fingerprint density at radius 2 is 1.12 bits per heavy atom. The number of carbonyl (C=O) groups excluding carboxylic acids is 1. The van der Waals surface area contributed by atoms with E-state index in [0.717, 1.165) is 12.8 Å². The van der Waals surface area contributed by atoms with Crippen molar-refractivity contribution in [3.63, 3.8) is 0 Å². The fraction of sp³-hybridized carbons (Fsp3) is 0.696. The van der Waals surface area contributed by atoms with Gasteiger partial charge in [-0.3, -0.25) is 4.79 Å². The van der Waals surface area contributed by atoms with Gasteiger partial charge in [-0.15, -0.1) is 0 Å². The van der Waals surface area contributed by atoms with Gasteiger partial charge in [0.25, 0.3) is 0 Å². The first-order valence-corrected chi connectivity index (χ1v) is 9.78. The van der Waals surface area contributed by atoms with E-state index in [1.54, 1.807) is 0 Å². The molecule has 0 heterocycles. The highest BCUT2D eigenvalue weighted by atomic mass is 16.1. The van der Waals surface area contributed by atoms with Gasteiger partial charge in [-0.05, 0) is 36.8 Å². The lowest BCUT2D eigenvalue weighted by molar-refractivity contribution is -0.120. The Balaban J connectivity index is 0. The van der Waals surface area contributed by atoms with Gasteiger partial charge in [0.05, 0.1) is 0 Å².